The zero-order valence-electron chi connectivity index (χ0n) is 21.0. The van der Waals surface area contributed by atoms with Gasteiger partial charge in [-0.25, -0.2) is 8.42 Å². The number of nitrogens with zero attached hydrogens (tertiary/aromatic N) is 1. The second kappa shape index (κ2) is 8.62. The molecule has 2 N–H and O–H groups in total. The fourth-order valence-electron chi connectivity index (χ4n) is 6.79. The third kappa shape index (κ3) is 4.16. The number of aliphatic hydroxyl groups is 1. The van der Waals surface area contributed by atoms with Gasteiger partial charge in [-0.2, -0.15) is 0 Å². The lowest BCUT2D eigenvalue weighted by Crippen LogP contribution is -2.39. The molecule has 36 heavy (non-hydrogen) atoms. The summed E-state index contributed by atoms with van der Waals surface area (Å²) in [6.07, 6.45) is 10.4. The Kier molecular flexibility index (Phi) is 5.76. The van der Waals surface area contributed by atoms with Gasteiger partial charge in [0.05, 0.1) is 5.75 Å². The Labute approximate surface area is 213 Å². The van der Waals surface area contributed by atoms with Gasteiger partial charge < -0.3 is 14.4 Å². The lowest BCUT2D eigenvalue weighted by atomic mass is 9.66. The molecule has 2 heterocycles. The Morgan fingerprint density at radius 1 is 1.11 bits per heavy atom. The van der Waals surface area contributed by atoms with E-state index in [4.69, 9.17) is 4.42 Å². The highest BCUT2D eigenvalue weighted by Crippen LogP contribution is 2.62. The summed E-state index contributed by atoms with van der Waals surface area (Å²) >= 11 is 0. The molecule has 0 unspecified atom stereocenters. The molecule has 1 aromatic carbocycles. The number of hydrogen-bond acceptors (Lipinski definition) is 5. The first-order chi connectivity index (χ1) is 17.2. The van der Waals surface area contributed by atoms with E-state index in [1.807, 2.05) is 17.0 Å². The van der Waals surface area contributed by atoms with Crippen LogP contribution >= 0.6 is 0 Å². The summed E-state index contributed by atoms with van der Waals surface area (Å²) in [7, 11) is -3.40. The van der Waals surface area contributed by atoms with Gasteiger partial charge in [0, 0.05) is 23.3 Å². The number of sulfonamides is 1. The molecule has 0 radical (unpaired) electrons. The van der Waals surface area contributed by atoms with Gasteiger partial charge in [0.25, 0.3) is 5.91 Å². The lowest BCUT2D eigenvalue weighted by Gasteiger charge is -2.38. The molecule has 1 aromatic heterocycles. The number of aliphatic hydroxyl groups excluding tert-OH is 1. The Hall–Kier alpha value is -2.32. The second-order valence-electron chi connectivity index (χ2n) is 11.6. The average Bonchev–Trinajstić information content (AvgIpc) is 3.29. The predicted molar refractivity (Wildman–Crippen MR) is 139 cm³/mol. The third-order valence-corrected chi connectivity index (χ3v) is 10.7. The molecule has 6 rings (SSSR count). The van der Waals surface area contributed by atoms with Crippen molar-refractivity contribution in [2.24, 2.45) is 11.3 Å². The molecule has 0 bridgehead atoms. The molecule has 1 amide bonds. The van der Waals surface area contributed by atoms with Crippen molar-refractivity contribution in [2.75, 3.05) is 21.9 Å². The van der Waals surface area contributed by atoms with Crippen LogP contribution in [0.3, 0.4) is 0 Å². The topological polar surface area (TPSA) is 99.9 Å². The van der Waals surface area contributed by atoms with Crippen LogP contribution in [0.2, 0.25) is 0 Å². The number of nitrogens with one attached hydrogen (secondary N) is 1. The number of rotatable bonds is 6. The summed E-state index contributed by atoms with van der Waals surface area (Å²) in [5.41, 5.74) is 2.76. The van der Waals surface area contributed by atoms with Crippen LogP contribution in [-0.4, -0.2) is 31.7 Å². The van der Waals surface area contributed by atoms with E-state index in [0.717, 1.165) is 62.6 Å². The zero-order valence-corrected chi connectivity index (χ0v) is 21.8. The highest BCUT2D eigenvalue weighted by atomic mass is 32.2. The van der Waals surface area contributed by atoms with E-state index in [1.54, 1.807) is 25.1 Å². The van der Waals surface area contributed by atoms with Crippen molar-refractivity contribution in [2.45, 2.75) is 82.7 Å². The molecule has 4 aliphatic rings. The number of amides is 1. The summed E-state index contributed by atoms with van der Waals surface area (Å²) in [5, 5.41) is 10.8. The first kappa shape index (κ1) is 24.0. The van der Waals surface area contributed by atoms with Gasteiger partial charge in [0.1, 0.15) is 11.9 Å². The van der Waals surface area contributed by atoms with Gasteiger partial charge in [0.2, 0.25) is 10.0 Å². The second-order valence-corrected chi connectivity index (χ2v) is 13.6. The minimum Gasteiger partial charge on any atom is -0.453 e. The first-order valence-electron chi connectivity index (χ1n) is 13.5. The smallest absolute Gasteiger partial charge is 0.294 e. The Bertz CT molecular complexity index is 1260. The van der Waals surface area contributed by atoms with Gasteiger partial charge in [-0.15, -0.1) is 0 Å². The summed E-state index contributed by atoms with van der Waals surface area (Å²) in [5.74, 6) is 0.715. The molecule has 1 aliphatic heterocycles. The number of fused-ring (bicyclic) bond motifs is 2. The maximum absolute atomic E-state index is 13.7. The van der Waals surface area contributed by atoms with Crippen molar-refractivity contribution < 1.29 is 22.7 Å². The first-order valence-corrected chi connectivity index (χ1v) is 15.1. The van der Waals surface area contributed by atoms with Gasteiger partial charge in [-0.3, -0.25) is 9.52 Å². The molecule has 3 saturated carbocycles. The van der Waals surface area contributed by atoms with Crippen molar-refractivity contribution in [3.05, 3.63) is 47.4 Å². The van der Waals surface area contributed by atoms with Crippen molar-refractivity contribution in [3.63, 3.8) is 0 Å². The van der Waals surface area contributed by atoms with Crippen molar-refractivity contribution >= 4 is 27.3 Å². The van der Waals surface area contributed by atoms with E-state index < -0.39 is 16.1 Å². The molecule has 8 heteroatoms. The standard InChI is InChI=1S/C28H36N2O5S/c1-2-36(33,34)29-20-7-8-22-21(17-20)28(15-13-27(11-12-27)14-16-28)18-30(22)26(32)24-10-9-23(35-24)25(31)19-5-3-4-6-19/h7-10,17,19,25,29,31H,2-6,11-16,18H2,1H3/t25-/m1/s1. The van der Waals surface area contributed by atoms with E-state index in [2.05, 4.69) is 4.72 Å². The number of anilines is 2. The average molecular weight is 513 g/mol. The molecule has 2 aromatic rings. The fourth-order valence-corrected chi connectivity index (χ4v) is 7.42. The normalized spacial score (nSPS) is 23.2. The van der Waals surface area contributed by atoms with Crippen LogP contribution in [0.5, 0.6) is 0 Å². The number of carbonyl (C=O) groups excluding carboxylic acids is 1. The molecule has 3 fully saturated rings. The molecule has 2 spiro atoms. The number of furan rings is 1. The van der Waals surface area contributed by atoms with Crippen LogP contribution in [0.1, 0.15) is 99.1 Å². The molecular formula is C28H36N2O5S. The van der Waals surface area contributed by atoms with E-state index >= 15 is 0 Å². The van der Waals surface area contributed by atoms with Crippen molar-refractivity contribution in [1.82, 2.24) is 0 Å². The Balaban J connectivity index is 1.30. The minimum atomic E-state index is -3.40. The monoisotopic (exact) mass is 512 g/mol. The van der Waals surface area contributed by atoms with Gasteiger partial charge >= 0.3 is 0 Å². The number of carbonyl (C=O) groups is 1. The van der Waals surface area contributed by atoms with E-state index in [-0.39, 0.29) is 28.8 Å². The number of hydrogen-bond donors (Lipinski definition) is 2. The highest BCUT2D eigenvalue weighted by molar-refractivity contribution is 7.92. The molecule has 0 saturated heterocycles. The summed E-state index contributed by atoms with van der Waals surface area (Å²) in [6, 6.07) is 8.98. The van der Waals surface area contributed by atoms with Crippen LogP contribution < -0.4 is 9.62 Å². The molecule has 3 aliphatic carbocycles. The third-order valence-electron chi connectivity index (χ3n) is 9.42. The van der Waals surface area contributed by atoms with Crippen LogP contribution in [0, 0.1) is 11.3 Å². The Morgan fingerprint density at radius 2 is 1.81 bits per heavy atom. The SMILES string of the molecule is CCS(=O)(=O)Nc1ccc2c(c1)C1(CCC3(CC3)CC1)CN2C(=O)c1ccc([C@H](O)C2CCCC2)o1. The van der Waals surface area contributed by atoms with Crippen LogP contribution in [-0.2, 0) is 15.4 Å². The van der Waals surface area contributed by atoms with Crippen molar-refractivity contribution in [3.8, 4) is 0 Å². The van der Waals surface area contributed by atoms with Gasteiger partial charge in [-0.05, 0) is 106 Å². The van der Waals surface area contributed by atoms with Crippen LogP contribution in [0.4, 0.5) is 11.4 Å². The van der Waals surface area contributed by atoms with Crippen molar-refractivity contribution in [1.29, 1.82) is 0 Å². The molecule has 7 nitrogen and oxygen atoms in total. The molecule has 194 valence electrons. The number of benzene rings is 1. The van der Waals surface area contributed by atoms with E-state index in [0.29, 0.717) is 23.4 Å². The van der Waals surface area contributed by atoms with Gasteiger partial charge in [0.15, 0.2) is 5.76 Å². The van der Waals surface area contributed by atoms with E-state index in [9.17, 15) is 18.3 Å². The maximum atomic E-state index is 13.7. The summed E-state index contributed by atoms with van der Waals surface area (Å²) < 4.78 is 33.1. The quantitative estimate of drug-likeness (QED) is 0.531. The summed E-state index contributed by atoms with van der Waals surface area (Å²) in [4.78, 5) is 15.5. The molecular weight excluding hydrogens is 476 g/mol. The van der Waals surface area contributed by atoms with E-state index in [1.165, 1.54) is 12.8 Å². The van der Waals surface area contributed by atoms with Gasteiger partial charge in [-0.1, -0.05) is 12.8 Å². The van der Waals surface area contributed by atoms with Crippen LogP contribution in [0.15, 0.2) is 34.7 Å². The zero-order chi connectivity index (χ0) is 25.1. The predicted octanol–water partition coefficient (Wildman–Crippen LogP) is 5.52. The fraction of sp³-hybridized carbons (Fsp3) is 0.607. The highest BCUT2D eigenvalue weighted by Gasteiger charge is 2.54. The maximum Gasteiger partial charge on any atom is 0.294 e. The van der Waals surface area contributed by atoms with Crippen LogP contribution in [0.25, 0.3) is 0 Å². The Morgan fingerprint density at radius 3 is 2.47 bits per heavy atom. The summed E-state index contributed by atoms with van der Waals surface area (Å²) in [6.45, 7) is 2.19. The lowest BCUT2D eigenvalue weighted by molar-refractivity contribution is 0.0828. The largest absolute Gasteiger partial charge is 0.453 e. The molecule has 1 atom stereocenters. The minimum absolute atomic E-state index is 0.00982.